The number of rotatable bonds is 5. The van der Waals surface area contributed by atoms with Gasteiger partial charge in [0, 0.05) is 11.6 Å². The van der Waals surface area contributed by atoms with Crippen LogP contribution in [0.1, 0.15) is 31.9 Å². The van der Waals surface area contributed by atoms with Gasteiger partial charge in [-0.2, -0.15) is 0 Å². The van der Waals surface area contributed by atoms with Crippen LogP contribution in [0.25, 0.3) is 0 Å². The van der Waals surface area contributed by atoms with Crippen molar-refractivity contribution < 1.29 is 9.13 Å². The molecule has 0 aliphatic rings. The number of ether oxygens (including phenoxy) is 1. The maximum atomic E-state index is 13.1. The lowest BCUT2D eigenvalue weighted by Crippen LogP contribution is -2.19. The minimum Gasteiger partial charge on any atom is -0.496 e. The van der Waals surface area contributed by atoms with E-state index in [9.17, 15) is 4.39 Å². The van der Waals surface area contributed by atoms with Gasteiger partial charge in [-0.15, -0.1) is 0 Å². The van der Waals surface area contributed by atoms with E-state index < -0.39 is 0 Å². The molecule has 0 bridgehead atoms. The zero-order valence-electron chi connectivity index (χ0n) is 9.51. The van der Waals surface area contributed by atoms with Gasteiger partial charge in [-0.05, 0) is 38.1 Å². The maximum Gasteiger partial charge on any atom is 0.123 e. The molecule has 1 unspecified atom stereocenters. The largest absolute Gasteiger partial charge is 0.496 e. The summed E-state index contributed by atoms with van der Waals surface area (Å²) < 4.78 is 18.3. The lowest BCUT2D eigenvalue weighted by atomic mass is 10.1. The van der Waals surface area contributed by atoms with Crippen molar-refractivity contribution in [2.75, 3.05) is 13.7 Å². The van der Waals surface area contributed by atoms with E-state index in [2.05, 4.69) is 12.2 Å². The Morgan fingerprint density at radius 3 is 2.80 bits per heavy atom. The van der Waals surface area contributed by atoms with Crippen LogP contribution in [0.5, 0.6) is 5.75 Å². The summed E-state index contributed by atoms with van der Waals surface area (Å²) in [6.07, 6.45) is 1.06. The second kappa shape index (κ2) is 5.71. The van der Waals surface area contributed by atoms with Gasteiger partial charge >= 0.3 is 0 Å². The lowest BCUT2D eigenvalue weighted by Gasteiger charge is -2.16. The van der Waals surface area contributed by atoms with Crippen molar-refractivity contribution in [2.45, 2.75) is 26.3 Å². The molecule has 84 valence electrons. The molecule has 1 atom stereocenters. The quantitative estimate of drug-likeness (QED) is 0.808. The highest BCUT2D eigenvalue weighted by Gasteiger charge is 2.11. The third-order valence-corrected chi connectivity index (χ3v) is 2.36. The van der Waals surface area contributed by atoms with E-state index in [-0.39, 0.29) is 11.9 Å². The lowest BCUT2D eigenvalue weighted by molar-refractivity contribution is 0.400. The van der Waals surface area contributed by atoms with Gasteiger partial charge in [0.05, 0.1) is 7.11 Å². The van der Waals surface area contributed by atoms with Crippen molar-refractivity contribution in [1.29, 1.82) is 0 Å². The van der Waals surface area contributed by atoms with Crippen LogP contribution in [-0.2, 0) is 0 Å². The van der Waals surface area contributed by atoms with Crippen LogP contribution in [0.15, 0.2) is 18.2 Å². The minimum atomic E-state index is -0.226. The van der Waals surface area contributed by atoms with Gasteiger partial charge in [0.1, 0.15) is 11.6 Å². The summed E-state index contributed by atoms with van der Waals surface area (Å²) in [5, 5.41) is 3.30. The van der Waals surface area contributed by atoms with Crippen LogP contribution in [0, 0.1) is 5.82 Å². The van der Waals surface area contributed by atoms with Crippen molar-refractivity contribution in [3.05, 3.63) is 29.6 Å². The predicted molar refractivity (Wildman–Crippen MR) is 59.7 cm³/mol. The molecule has 0 aliphatic carbocycles. The van der Waals surface area contributed by atoms with Crippen molar-refractivity contribution in [3.63, 3.8) is 0 Å². The van der Waals surface area contributed by atoms with E-state index in [1.165, 1.54) is 12.1 Å². The number of methoxy groups -OCH3 is 1. The molecule has 1 aromatic rings. The molecule has 0 aliphatic heterocycles. The Kier molecular flexibility index (Phi) is 4.56. The van der Waals surface area contributed by atoms with Crippen molar-refractivity contribution in [1.82, 2.24) is 5.32 Å². The van der Waals surface area contributed by atoms with Crippen molar-refractivity contribution in [3.8, 4) is 5.75 Å². The molecule has 0 saturated heterocycles. The second-order valence-corrected chi connectivity index (χ2v) is 3.56. The molecular formula is C12H18FNO. The minimum absolute atomic E-state index is 0.107. The number of hydrogen-bond donors (Lipinski definition) is 1. The zero-order chi connectivity index (χ0) is 11.3. The van der Waals surface area contributed by atoms with Crippen LogP contribution in [0.3, 0.4) is 0 Å². The van der Waals surface area contributed by atoms with Gasteiger partial charge in [-0.3, -0.25) is 0 Å². The Bertz CT molecular complexity index is 314. The summed E-state index contributed by atoms with van der Waals surface area (Å²) in [7, 11) is 1.60. The monoisotopic (exact) mass is 211 g/mol. The number of hydrogen-bond acceptors (Lipinski definition) is 2. The number of nitrogens with one attached hydrogen (secondary N) is 1. The van der Waals surface area contributed by atoms with Gasteiger partial charge in [-0.25, -0.2) is 4.39 Å². The molecule has 1 aromatic carbocycles. The molecule has 15 heavy (non-hydrogen) atoms. The third-order valence-electron chi connectivity index (χ3n) is 2.36. The molecule has 0 radical (unpaired) electrons. The first kappa shape index (κ1) is 12.0. The summed E-state index contributed by atoms with van der Waals surface area (Å²) in [5.74, 6) is 0.503. The molecule has 0 spiro atoms. The van der Waals surface area contributed by atoms with E-state index in [0.29, 0.717) is 0 Å². The SMILES string of the molecule is CCCNC(C)c1cc(F)ccc1OC. The van der Waals surface area contributed by atoms with Crippen LogP contribution in [0.4, 0.5) is 4.39 Å². The first-order valence-electron chi connectivity index (χ1n) is 5.25. The Labute approximate surface area is 90.4 Å². The van der Waals surface area contributed by atoms with Gasteiger partial charge in [-0.1, -0.05) is 6.92 Å². The normalized spacial score (nSPS) is 12.5. The van der Waals surface area contributed by atoms with E-state index in [4.69, 9.17) is 4.74 Å². The van der Waals surface area contributed by atoms with Crippen LogP contribution >= 0.6 is 0 Å². The molecule has 2 nitrogen and oxygen atoms in total. The Morgan fingerprint density at radius 1 is 1.47 bits per heavy atom. The van der Waals surface area contributed by atoms with Crippen LogP contribution < -0.4 is 10.1 Å². The predicted octanol–water partition coefficient (Wildman–Crippen LogP) is 2.89. The Hall–Kier alpha value is -1.09. The number of benzene rings is 1. The third kappa shape index (κ3) is 3.20. The first-order valence-corrected chi connectivity index (χ1v) is 5.25. The highest BCUT2D eigenvalue weighted by atomic mass is 19.1. The molecule has 1 rings (SSSR count). The Morgan fingerprint density at radius 2 is 2.20 bits per heavy atom. The fourth-order valence-electron chi connectivity index (χ4n) is 1.51. The Balaban J connectivity index is 2.85. The molecule has 0 heterocycles. The maximum absolute atomic E-state index is 13.1. The van der Waals surface area contributed by atoms with Crippen molar-refractivity contribution in [2.24, 2.45) is 0 Å². The van der Waals surface area contributed by atoms with E-state index in [1.54, 1.807) is 13.2 Å². The molecule has 0 fully saturated rings. The fraction of sp³-hybridized carbons (Fsp3) is 0.500. The van der Waals surface area contributed by atoms with Gasteiger partial charge in [0.15, 0.2) is 0 Å². The number of halogens is 1. The highest BCUT2D eigenvalue weighted by molar-refractivity contribution is 5.36. The molecule has 1 N–H and O–H groups in total. The molecule has 0 amide bonds. The van der Waals surface area contributed by atoms with Gasteiger partial charge in [0.2, 0.25) is 0 Å². The summed E-state index contributed by atoms with van der Waals surface area (Å²) >= 11 is 0. The average molecular weight is 211 g/mol. The molecular weight excluding hydrogens is 193 g/mol. The topological polar surface area (TPSA) is 21.3 Å². The summed E-state index contributed by atoms with van der Waals surface area (Å²) in [6.45, 7) is 5.02. The fourth-order valence-corrected chi connectivity index (χ4v) is 1.51. The summed E-state index contributed by atoms with van der Waals surface area (Å²) in [5.41, 5.74) is 0.867. The summed E-state index contributed by atoms with van der Waals surface area (Å²) in [4.78, 5) is 0. The zero-order valence-corrected chi connectivity index (χ0v) is 9.51. The van der Waals surface area contributed by atoms with Crippen LogP contribution in [-0.4, -0.2) is 13.7 Å². The second-order valence-electron chi connectivity index (χ2n) is 3.56. The standard InChI is InChI=1S/C12H18FNO/c1-4-7-14-9(2)11-8-10(13)5-6-12(11)15-3/h5-6,8-9,14H,4,7H2,1-3H3. The molecule has 3 heteroatoms. The molecule has 0 saturated carbocycles. The van der Waals surface area contributed by atoms with E-state index in [0.717, 1.165) is 24.3 Å². The summed E-state index contributed by atoms with van der Waals surface area (Å²) in [6, 6.07) is 4.70. The highest BCUT2D eigenvalue weighted by Crippen LogP contribution is 2.25. The van der Waals surface area contributed by atoms with Crippen LogP contribution in [0.2, 0.25) is 0 Å². The average Bonchev–Trinajstić information content (AvgIpc) is 2.25. The van der Waals surface area contributed by atoms with Gasteiger partial charge in [0.25, 0.3) is 0 Å². The smallest absolute Gasteiger partial charge is 0.123 e. The van der Waals surface area contributed by atoms with Crippen molar-refractivity contribution >= 4 is 0 Å². The van der Waals surface area contributed by atoms with E-state index in [1.807, 2.05) is 6.92 Å². The first-order chi connectivity index (χ1) is 7.19. The van der Waals surface area contributed by atoms with Gasteiger partial charge < -0.3 is 10.1 Å². The van der Waals surface area contributed by atoms with E-state index >= 15 is 0 Å². The molecule has 0 aromatic heterocycles.